The molecule has 0 aliphatic carbocycles. The molecule has 32 heavy (non-hydrogen) atoms. The van der Waals surface area contributed by atoms with Gasteiger partial charge in [0, 0.05) is 10.6 Å². The third-order valence-electron chi connectivity index (χ3n) is 5.35. The zero-order valence-corrected chi connectivity index (χ0v) is 18.8. The highest BCUT2D eigenvalue weighted by Crippen LogP contribution is 2.27. The summed E-state index contributed by atoms with van der Waals surface area (Å²) in [7, 11) is 1.63. The SMILES string of the molecule is COc1ccccc1/C=c1\sc2n(c1=O)C(c1ccc(Cl)cc1)C=C(c1ccccc1)N=2. The van der Waals surface area contributed by atoms with E-state index in [1.54, 1.807) is 11.7 Å². The fourth-order valence-corrected chi connectivity index (χ4v) is 4.91. The van der Waals surface area contributed by atoms with Crippen LogP contribution in [0.1, 0.15) is 22.7 Å². The van der Waals surface area contributed by atoms with Gasteiger partial charge < -0.3 is 4.74 Å². The number of methoxy groups -OCH3 is 1. The van der Waals surface area contributed by atoms with Crippen LogP contribution in [0.25, 0.3) is 11.8 Å². The largest absolute Gasteiger partial charge is 0.496 e. The van der Waals surface area contributed by atoms with Crippen LogP contribution in [0.3, 0.4) is 0 Å². The maximum Gasteiger partial charge on any atom is 0.271 e. The topological polar surface area (TPSA) is 43.6 Å². The van der Waals surface area contributed by atoms with Crippen molar-refractivity contribution in [1.82, 2.24) is 4.57 Å². The Bertz CT molecular complexity index is 1490. The first-order chi connectivity index (χ1) is 15.6. The molecule has 0 fully saturated rings. The van der Waals surface area contributed by atoms with Crippen molar-refractivity contribution >= 4 is 34.7 Å². The number of thiazole rings is 1. The number of halogens is 1. The smallest absolute Gasteiger partial charge is 0.271 e. The standard InChI is InChI=1S/C26H19ClN2O2S/c1-31-23-10-6-5-9-19(23)15-24-25(30)29-22(18-11-13-20(27)14-12-18)16-21(28-26(29)32-24)17-7-3-2-4-8-17/h2-16,22H,1H3/b24-15-. The Morgan fingerprint density at radius 3 is 2.47 bits per heavy atom. The summed E-state index contributed by atoms with van der Waals surface area (Å²) in [5, 5.41) is 0.657. The molecule has 158 valence electrons. The van der Waals surface area contributed by atoms with Gasteiger partial charge in [0.25, 0.3) is 5.56 Å². The maximum absolute atomic E-state index is 13.5. The van der Waals surface area contributed by atoms with E-state index < -0.39 is 0 Å². The first kappa shape index (κ1) is 20.5. The summed E-state index contributed by atoms with van der Waals surface area (Å²) in [6, 6.07) is 25.0. The molecule has 6 heteroatoms. The number of nitrogens with zero attached hydrogens (tertiary/aromatic N) is 2. The lowest BCUT2D eigenvalue weighted by molar-refractivity contribution is 0.414. The van der Waals surface area contributed by atoms with Crippen LogP contribution in [-0.4, -0.2) is 11.7 Å². The zero-order chi connectivity index (χ0) is 22.1. The average molecular weight is 459 g/mol. The summed E-state index contributed by atoms with van der Waals surface area (Å²) in [5.74, 6) is 0.720. The van der Waals surface area contributed by atoms with Crippen LogP contribution in [0.4, 0.5) is 0 Å². The van der Waals surface area contributed by atoms with E-state index in [1.165, 1.54) is 11.3 Å². The molecule has 1 unspecified atom stereocenters. The van der Waals surface area contributed by atoms with E-state index >= 15 is 0 Å². The number of benzene rings is 3. The highest BCUT2D eigenvalue weighted by Gasteiger charge is 2.22. The van der Waals surface area contributed by atoms with E-state index in [1.807, 2.05) is 91.0 Å². The number of ether oxygens (including phenoxy) is 1. The van der Waals surface area contributed by atoms with Gasteiger partial charge in [-0.15, -0.1) is 0 Å². The van der Waals surface area contributed by atoms with Crippen LogP contribution in [0, 0.1) is 0 Å². The van der Waals surface area contributed by atoms with Gasteiger partial charge in [-0.2, -0.15) is 0 Å². The molecule has 3 aromatic carbocycles. The van der Waals surface area contributed by atoms with Crippen LogP contribution in [0.2, 0.25) is 5.02 Å². The summed E-state index contributed by atoms with van der Waals surface area (Å²) in [4.78, 5) is 19.0. The molecule has 4 nitrogen and oxygen atoms in total. The second-order valence-corrected chi connectivity index (χ2v) is 8.78. The van der Waals surface area contributed by atoms with Gasteiger partial charge in [0.05, 0.1) is 23.4 Å². The third-order valence-corrected chi connectivity index (χ3v) is 6.59. The van der Waals surface area contributed by atoms with Crippen molar-refractivity contribution in [2.75, 3.05) is 7.11 Å². The lowest BCUT2D eigenvalue weighted by Crippen LogP contribution is -2.36. The molecule has 0 N–H and O–H groups in total. The number of hydrogen-bond acceptors (Lipinski definition) is 4. The van der Waals surface area contributed by atoms with E-state index in [0.29, 0.717) is 14.4 Å². The first-order valence-electron chi connectivity index (χ1n) is 10.1. The summed E-state index contributed by atoms with van der Waals surface area (Å²) in [5.41, 5.74) is 3.60. The van der Waals surface area contributed by atoms with E-state index in [-0.39, 0.29) is 11.6 Å². The lowest BCUT2D eigenvalue weighted by atomic mass is 10.0. The molecule has 4 aromatic rings. The van der Waals surface area contributed by atoms with Crippen molar-refractivity contribution in [2.24, 2.45) is 4.99 Å². The van der Waals surface area contributed by atoms with Gasteiger partial charge in [0.2, 0.25) is 0 Å². The fraction of sp³-hybridized carbons (Fsp3) is 0.0769. The second-order valence-electron chi connectivity index (χ2n) is 7.34. The molecular formula is C26H19ClN2O2S. The van der Waals surface area contributed by atoms with Gasteiger partial charge >= 0.3 is 0 Å². The van der Waals surface area contributed by atoms with Gasteiger partial charge in [-0.05, 0) is 41.5 Å². The number of fused-ring (bicyclic) bond motifs is 1. The Kier molecular flexibility index (Phi) is 5.52. The van der Waals surface area contributed by atoms with Crippen LogP contribution >= 0.6 is 22.9 Å². The maximum atomic E-state index is 13.5. The quantitative estimate of drug-likeness (QED) is 0.446. The summed E-state index contributed by atoms with van der Waals surface area (Å²) in [6.45, 7) is 0. The molecule has 0 amide bonds. The van der Waals surface area contributed by atoms with Gasteiger partial charge in [-0.25, -0.2) is 4.99 Å². The van der Waals surface area contributed by atoms with Crippen molar-refractivity contribution in [1.29, 1.82) is 0 Å². The van der Waals surface area contributed by atoms with E-state index in [0.717, 1.165) is 28.1 Å². The number of para-hydroxylation sites is 1. The normalized spacial score (nSPS) is 15.6. The van der Waals surface area contributed by atoms with E-state index in [2.05, 4.69) is 0 Å². The van der Waals surface area contributed by atoms with Crippen LogP contribution in [0.15, 0.2) is 94.7 Å². The molecule has 5 rings (SSSR count). The van der Waals surface area contributed by atoms with Crippen molar-refractivity contribution in [3.05, 3.63) is 126 Å². The van der Waals surface area contributed by atoms with Crippen molar-refractivity contribution in [2.45, 2.75) is 6.04 Å². The minimum atomic E-state index is -0.279. The molecule has 1 aliphatic heterocycles. The predicted molar refractivity (Wildman–Crippen MR) is 130 cm³/mol. The van der Waals surface area contributed by atoms with Crippen LogP contribution in [-0.2, 0) is 0 Å². The fourth-order valence-electron chi connectivity index (χ4n) is 3.78. The van der Waals surface area contributed by atoms with Crippen LogP contribution < -0.4 is 19.6 Å². The molecule has 1 atom stereocenters. The average Bonchev–Trinajstić information content (AvgIpc) is 3.15. The molecule has 0 saturated carbocycles. The van der Waals surface area contributed by atoms with Crippen molar-refractivity contribution < 1.29 is 4.74 Å². The lowest BCUT2D eigenvalue weighted by Gasteiger charge is -2.19. The molecular weight excluding hydrogens is 440 g/mol. The molecule has 0 radical (unpaired) electrons. The Hall–Kier alpha value is -3.41. The molecule has 2 heterocycles. The number of hydrogen-bond donors (Lipinski definition) is 0. The molecule has 1 aromatic heterocycles. The number of rotatable bonds is 4. The molecule has 0 saturated heterocycles. The van der Waals surface area contributed by atoms with Crippen LogP contribution in [0.5, 0.6) is 5.75 Å². The summed E-state index contributed by atoms with van der Waals surface area (Å²) < 4.78 is 7.81. The van der Waals surface area contributed by atoms with Gasteiger partial charge in [-0.3, -0.25) is 9.36 Å². The summed E-state index contributed by atoms with van der Waals surface area (Å²) >= 11 is 7.49. The minimum absolute atomic E-state index is 0.0806. The first-order valence-corrected chi connectivity index (χ1v) is 11.3. The molecule has 0 bridgehead atoms. The van der Waals surface area contributed by atoms with Gasteiger partial charge in [0.15, 0.2) is 4.80 Å². The second kappa shape index (κ2) is 8.61. The molecule has 0 spiro atoms. The monoisotopic (exact) mass is 458 g/mol. The van der Waals surface area contributed by atoms with Crippen molar-refractivity contribution in [3.63, 3.8) is 0 Å². The zero-order valence-electron chi connectivity index (χ0n) is 17.2. The summed E-state index contributed by atoms with van der Waals surface area (Å²) in [6.07, 6.45) is 3.90. The third kappa shape index (κ3) is 3.81. The van der Waals surface area contributed by atoms with Gasteiger partial charge in [-0.1, -0.05) is 83.6 Å². The Balaban J connectivity index is 1.74. The predicted octanol–water partition coefficient (Wildman–Crippen LogP) is 4.66. The highest BCUT2D eigenvalue weighted by molar-refractivity contribution is 7.07. The van der Waals surface area contributed by atoms with E-state index in [4.69, 9.17) is 21.3 Å². The van der Waals surface area contributed by atoms with Crippen molar-refractivity contribution in [3.8, 4) is 5.75 Å². The Morgan fingerprint density at radius 1 is 1.00 bits per heavy atom. The van der Waals surface area contributed by atoms with Gasteiger partial charge in [0.1, 0.15) is 5.75 Å². The Labute approximate surface area is 194 Å². The van der Waals surface area contributed by atoms with E-state index in [9.17, 15) is 4.79 Å². The number of allylic oxidation sites excluding steroid dienone is 1. The minimum Gasteiger partial charge on any atom is -0.496 e. The Morgan fingerprint density at radius 2 is 1.72 bits per heavy atom. The molecule has 1 aliphatic rings. The number of aromatic nitrogens is 1. The highest BCUT2D eigenvalue weighted by atomic mass is 35.5.